The van der Waals surface area contributed by atoms with Crippen LogP contribution in [0.25, 0.3) is 5.82 Å². The van der Waals surface area contributed by atoms with Gasteiger partial charge in [-0.3, -0.25) is 4.79 Å². The third-order valence-corrected chi connectivity index (χ3v) is 3.22. The van der Waals surface area contributed by atoms with Crippen LogP contribution in [-0.2, 0) is 11.3 Å². The Morgan fingerprint density at radius 2 is 2.04 bits per heavy atom. The van der Waals surface area contributed by atoms with Crippen LogP contribution in [0.15, 0.2) is 61.1 Å². The number of benzene rings is 1. The van der Waals surface area contributed by atoms with E-state index >= 15 is 0 Å². The van der Waals surface area contributed by atoms with Gasteiger partial charge in [-0.2, -0.15) is 5.10 Å². The number of amides is 1. The van der Waals surface area contributed by atoms with Gasteiger partial charge in [0, 0.05) is 25.1 Å². The summed E-state index contributed by atoms with van der Waals surface area (Å²) < 4.78 is 19.7. The Kier molecular flexibility index (Phi) is 4.81. The molecular formula is C17H15FN4O2. The fourth-order valence-electron chi connectivity index (χ4n) is 2.03. The first-order chi connectivity index (χ1) is 11.7. The van der Waals surface area contributed by atoms with E-state index in [1.54, 1.807) is 23.3 Å². The standard InChI is InChI=1S/C17H15FN4O2/c18-14-2-4-15(5-3-14)24-12-17(23)20-11-13-6-8-19-16(10-13)22-9-1-7-21-22/h1-10H,11-12H2,(H,20,23). The SMILES string of the molecule is O=C(COc1ccc(F)cc1)NCc1ccnc(-n2cccn2)c1. The minimum Gasteiger partial charge on any atom is -0.484 e. The molecule has 24 heavy (non-hydrogen) atoms. The second-order valence-electron chi connectivity index (χ2n) is 4.99. The number of aromatic nitrogens is 3. The largest absolute Gasteiger partial charge is 0.484 e. The fourth-order valence-corrected chi connectivity index (χ4v) is 2.03. The van der Waals surface area contributed by atoms with Gasteiger partial charge < -0.3 is 10.1 Å². The van der Waals surface area contributed by atoms with Gasteiger partial charge in [0.15, 0.2) is 12.4 Å². The van der Waals surface area contributed by atoms with E-state index in [-0.39, 0.29) is 18.3 Å². The van der Waals surface area contributed by atoms with E-state index < -0.39 is 0 Å². The van der Waals surface area contributed by atoms with Gasteiger partial charge in [0.05, 0.1) is 0 Å². The Morgan fingerprint density at radius 3 is 2.79 bits per heavy atom. The molecule has 0 unspecified atom stereocenters. The zero-order valence-corrected chi connectivity index (χ0v) is 12.7. The molecule has 0 fully saturated rings. The highest BCUT2D eigenvalue weighted by atomic mass is 19.1. The predicted molar refractivity (Wildman–Crippen MR) is 85.1 cm³/mol. The molecule has 122 valence electrons. The molecule has 6 nitrogen and oxygen atoms in total. The molecule has 0 saturated carbocycles. The molecule has 0 bridgehead atoms. The predicted octanol–water partition coefficient (Wildman–Crippen LogP) is 2.10. The van der Waals surface area contributed by atoms with Crippen LogP contribution in [-0.4, -0.2) is 27.3 Å². The van der Waals surface area contributed by atoms with Crippen molar-refractivity contribution in [1.29, 1.82) is 0 Å². The number of carbonyl (C=O) groups is 1. The van der Waals surface area contributed by atoms with Crippen molar-refractivity contribution in [2.24, 2.45) is 0 Å². The number of carbonyl (C=O) groups excluding carboxylic acids is 1. The molecular weight excluding hydrogens is 311 g/mol. The minimum absolute atomic E-state index is 0.136. The molecule has 7 heteroatoms. The molecule has 1 amide bonds. The average Bonchev–Trinajstić information content (AvgIpc) is 3.14. The van der Waals surface area contributed by atoms with E-state index in [2.05, 4.69) is 15.4 Å². The third kappa shape index (κ3) is 4.16. The molecule has 0 spiro atoms. The highest BCUT2D eigenvalue weighted by Gasteiger charge is 2.05. The number of nitrogens with zero attached hydrogens (tertiary/aromatic N) is 3. The van der Waals surface area contributed by atoms with Crippen molar-refractivity contribution in [3.8, 4) is 11.6 Å². The van der Waals surface area contributed by atoms with Crippen LogP contribution in [0, 0.1) is 5.82 Å². The van der Waals surface area contributed by atoms with Crippen LogP contribution < -0.4 is 10.1 Å². The minimum atomic E-state index is -0.350. The van der Waals surface area contributed by atoms with Gasteiger partial charge in [-0.05, 0) is 48.0 Å². The van der Waals surface area contributed by atoms with Crippen molar-refractivity contribution in [2.75, 3.05) is 6.61 Å². The van der Waals surface area contributed by atoms with Gasteiger partial charge in [-0.15, -0.1) is 0 Å². The summed E-state index contributed by atoms with van der Waals surface area (Å²) in [4.78, 5) is 16.1. The normalized spacial score (nSPS) is 10.4. The van der Waals surface area contributed by atoms with Crippen molar-refractivity contribution < 1.29 is 13.9 Å². The Bertz CT molecular complexity index is 804. The molecule has 0 radical (unpaired) electrons. The van der Waals surface area contributed by atoms with E-state index in [0.717, 1.165) is 5.56 Å². The summed E-state index contributed by atoms with van der Waals surface area (Å²) in [6, 6.07) is 11.0. The topological polar surface area (TPSA) is 69.0 Å². The Morgan fingerprint density at radius 1 is 1.21 bits per heavy atom. The van der Waals surface area contributed by atoms with Crippen molar-refractivity contribution in [1.82, 2.24) is 20.1 Å². The summed E-state index contributed by atoms with van der Waals surface area (Å²) in [7, 11) is 0. The Labute approximate surface area is 137 Å². The van der Waals surface area contributed by atoms with Crippen molar-refractivity contribution in [3.05, 3.63) is 72.4 Å². The summed E-state index contributed by atoms with van der Waals surface area (Å²) in [6.45, 7) is 0.213. The summed E-state index contributed by atoms with van der Waals surface area (Å²) in [6.07, 6.45) is 5.12. The second-order valence-corrected chi connectivity index (χ2v) is 4.99. The maximum atomic E-state index is 12.8. The van der Waals surface area contributed by atoms with E-state index in [1.807, 2.05) is 18.2 Å². The number of rotatable bonds is 6. The number of hydrogen-bond acceptors (Lipinski definition) is 4. The second kappa shape index (κ2) is 7.36. The highest BCUT2D eigenvalue weighted by Crippen LogP contribution is 2.10. The summed E-state index contributed by atoms with van der Waals surface area (Å²) >= 11 is 0. The lowest BCUT2D eigenvalue weighted by Crippen LogP contribution is -2.28. The van der Waals surface area contributed by atoms with Crippen LogP contribution in [0.2, 0.25) is 0 Å². The monoisotopic (exact) mass is 326 g/mol. The van der Waals surface area contributed by atoms with Crippen LogP contribution >= 0.6 is 0 Å². The van der Waals surface area contributed by atoms with Crippen molar-refractivity contribution in [3.63, 3.8) is 0 Å². The molecule has 0 aliphatic heterocycles. The first kappa shape index (κ1) is 15.7. The molecule has 3 aromatic rings. The summed E-state index contributed by atoms with van der Waals surface area (Å²) in [5.74, 6) is 0.500. The Hall–Kier alpha value is -3.22. The summed E-state index contributed by atoms with van der Waals surface area (Å²) in [5.41, 5.74) is 0.894. The number of nitrogens with one attached hydrogen (secondary N) is 1. The Balaban J connectivity index is 1.51. The molecule has 1 N–H and O–H groups in total. The van der Waals surface area contributed by atoms with Gasteiger partial charge in [0.2, 0.25) is 0 Å². The van der Waals surface area contributed by atoms with Crippen molar-refractivity contribution >= 4 is 5.91 Å². The maximum Gasteiger partial charge on any atom is 0.258 e. The van der Waals surface area contributed by atoms with Gasteiger partial charge in [0.1, 0.15) is 11.6 Å². The lowest BCUT2D eigenvalue weighted by molar-refractivity contribution is -0.123. The molecule has 3 rings (SSSR count). The van der Waals surface area contributed by atoms with Crippen LogP contribution in [0.5, 0.6) is 5.75 Å². The smallest absolute Gasteiger partial charge is 0.258 e. The molecule has 0 aliphatic rings. The maximum absolute atomic E-state index is 12.8. The van der Waals surface area contributed by atoms with Crippen LogP contribution in [0.3, 0.4) is 0 Å². The quantitative estimate of drug-likeness (QED) is 0.753. The number of halogens is 1. The first-order valence-electron chi connectivity index (χ1n) is 7.31. The highest BCUT2D eigenvalue weighted by molar-refractivity contribution is 5.77. The zero-order chi connectivity index (χ0) is 16.8. The molecule has 0 atom stereocenters. The lowest BCUT2D eigenvalue weighted by atomic mass is 10.2. The molecule has 2 aromatic heterocycles. The van der Waals surface area contributed by atoms with Crippen molar-refractivity contribution in [2.45, 2.75) is 6.54 Å². The van der Waals surface area contributed by atoms with Crippen LogP contribution in [0.1, 0.15) is 5.56 Å². The molecule has 0 aliphatic carbocycles. The summed E-state index contributed by atoms with van der Waals surface area (Å²) in [5, 5.41) is 6.87. The molecule has 1 aromatic carbocycles. The lowest BCUT2D eigenvalue weighted by Gasteiger charge is -2.08. The third-order valence-electron chi connectivity index (χ3n) is 3.22. The van der Waals surface area contributed by atoms with E-state index in [0.29, 0.717) is 18.1 Å². The van der Waals surface area contributed by atoms with Gasteiger partial charge in [0.25, 0.3) is 5.91 Å². The van der Waals surface area contributed by atoms with Gasteiger partial charge >= 0.3 is 0 Å². The molecule has 0 saturated heterocycles. The fraction of sp³-hybridized carbons (Fsp3) is 0.118. The number of hydrogen-bond donors (Lipinski definition) is 1. The van der Waals surface area contributed by atoms with E-state index in [9.17, 15) is 9.18 Å². The van der Waals surface area contributed by atoms with Gasteiger partial charge in [-0.1, -0.05) is 0 Å². The average molecular weight is 326 g/mol. The van der Waals surface area contributed by atoms with E-state index in [1.165, 1.54) is 24.3 Å². The number of pyridine rings is 1. The number of ether oxygens (including phenoxy) is 1. The molecule has 2 heterocycles. The van der Waals surface area contributed by atoms with E-state index in [4.69, 9.17) is 4.74 Å². The van der Waals surface area contributed by atoms with Gasteiger partial charge in [-0.25, -0.2) is 14.1 Å². The zero-order valence-electron chi connectivity index (χ0n) is 12.7. The first-order valence-corrected chi connectivity index (χ1v) is 7.31. The van der Waals surface area contributed by atoms with Crippen LogP contribution in [0.4, 0.5) is 4.39 Å².